The molecule has 12 heteroatoms. The lowest BCUT2D eigenvalue weighted by Gasteiger charge is -2.33. The number of rotatable bonds is 12. The van der Waals surface area contributed by atoms with Crippen LogP contribution in [0, 0.1) is 11.8 Å². The quantitative estimate of drug-likeness (QED) is 0.278. The number of alkyl halides is 3. The SMILES string of the molecule is CC(C)n1nccc1C(=O)N[C@H](c1cn2ncc(C(NC(=O)CCCCF)C3CC3)cc2n1)C1CCC(F)(F)CC1. The molecule has 2 amide bonds. The number of unbranched alkanes of at least 4 members (excludes halogenated alkanes) is 1. The highest BCUT2D eigenvalue weighted by Gasteiger charge is 2.40. The summed E-state index contributed by atoms with van der Waals surface area (Å²) in [6.45, 7) is 3.42. The van der Waals surface area contributed by atoms with Crippen LogP contribution in [0.3, 0.4) is 0 Å². The average Bonchev–Trinajstić information content (AvgIpc) is 3.48. The summed E-state index contributed by atoms with van der Waals surface area (Å²) in [4.78, 5) is 30.7. The standard InChI is InChI=1S/C29H38F3N7O2/c1-18(2)39-23(10-14-33-39)28(41)37-27(20-8-11-29(31,32)12-9-20)22-17-38-24(35-22)15-21(16-34-38)26(19-6-7-19)36-25(40)5-3-4-13-30/h10,14-20,26-27H,3-9,11-13H2,1-2H3,(H,36,40)(H,37,41)/t26?,27-/m0/s1. The van der Waals surface area contributed by atoms with Gasteiger partial charge in [-0.1, -0.05) is 0 Å². The molecule has 0 saturated heterocycles. The molecule has 3 aromatic heterocycles. The minimum Gasteiger partial charge on any atom is -0.349 e. The normalized spacial score (nSPS) is 18.9. The van der Waals surface area contributed by atoms with Crippen LogP contribution in [0.5, 0.6) is 0 Å². The van der Waals surface area contributed by atoms with Crippen LogP contribution >= 0.6 is 0 Å². The van der Waals surface area contributed by atoms with Gasteiger partial charge in [0.1, 0.15) is 5.69 Å². The molecule has 2 N–H and O–H groups in total. The van der Waals surface area contributed by atoms with Gasteiger partial charge < -0.3 is 10.6 Å². The highest BCUT2D eigenvalue weighted by atomic mass is 19.3. The largest absolute Gasteiger partial charge is 0.349 e. The Morgan fingerprint density at radius 2 is 1.78 bits per heavy atom. The van der Waals surface area contributed by atoms with Crippen LogP contribution in [0.1, 0.15) is 112 Å². The summed E-state index contributed by atoms with van der Waals surface area (Å²) in [6, 6.07) is 2.69. The number of aromatic nitrogens is 5. The number of amides is 2. The van der Waals surface area contributed by atoms with Gasteiger partial charge in [-0.15, -0.1) is 0 Å². The maximum absolute atomic E-state index is 14.0. The summed E-state index contributed by atoms with van der Waals surface area (Å²) in [5, 5.41) is 15.0. The summed E-state index contributed by atoms with van der Waals surface area (Å²) in [5.41, 5.74) is 2.31. The Kier molecular flexibility index (Phi) is 8.65. The van der Waals surface area contributed by atoms with E-state index in [1.54, 1.807) is 33.9 Å². The van der Waals surface area contributed by atoms with Gasteiger partial charge in [-0.3, -0.25) is 18.7 Å². The zero-order valence-corrected chi connectivity index (χ0v) is 23.5. The second-order valence-corrected chi connectivity index (χ2v) is 11.7. The van der Waals surface area contributed by atoms with Crippen molar-refractivity contribution in [2.45, 2.75) is 95.7 Å². The molecule has 3 heterocycles. The van der Waals surface area contributed by atoms with E-state index >= 15 is 0 Å². The molecule has 2 aliphatic carbocycles. The van der Waals surface area contributed by atoms with Gasteiger partial charge in [-0.05, 0) is 81.9 Å². The van der Waals surface area contributed by atoms with Crippen molar-refractivity contribution in [3.63, 3.8) is 0 Å². The highest BCUT2D eigenvalue weighted by molar-refractivity contribution is 5.92. The van der Waals surface area contributed by atoms with Gasteiger partial charge >= 0.3 is 0 Å². The number of hydrogen-bond acceptors (Lipinski definition) is 5. The fourth-order valence-corrected chi connectivity index (χ4v) is 5.71. The van der Waals surface area contributed by atoms with Crippen LogP contribution in [-0.4, -0.2) is 48.8 Å². The molecule has 2 saturated carbocycles. The van der Waals surface area contributed by atoms with E-state index in [-0.39, 0.29) is 61.9 Å². The first-order valence-corrected chi connectivity index (χ1v) is 14.6. The number of carbonyl (C=O) groups is 2. The van der Waals surface area contributed by atoms with Crippen LogP contribution in [0.25, 0.3) is 5.65 Å². The Hall–Kier alpha value is -3.44. The number of nitrogens with zero attached hydrogens (tertiary/aromatic N) is 5. The van der Waals surface area contributed by atoms with Crippen molar-refractivity contribution in [3.05, 3.63) is 47.7 Å². The maximum Gasteiger partial charge on any atom is 0.270 e. The van der Waals surface area contributed by atoms with E-state index in [1.165, 1.54) is 0 Å². The van der Waals surface area contributed by atoms with Crippen molar-refractivity contribution < 1.29 is 22.8 Å². The first kappa shape index (κ1) is 29.1. The highest BCUT2D eigenvalue weighted by Crippen LogP contribution is 2.43. The molecular formula is C29H38F3N7O2. The molecular weight excluding hydrogens is 535 g/mol. The molecule has 2 fully saturated rings. The third-order valence-electron chi connectivity index (χ3n) is 8.15. The first-order chi connectivity index (χ1) is 19.6. The van der Waals surface area contributed by atoms with Crippen molar-refractivity contribution in [1.82, 2.24) is 35.0 Å². The van der Waals surface area contributed by atoms with Crippen LogP contribution in [0.4, 0.5) is 13.2 Å². The predicted octanol–water partition coefficient (Wildman–Crippen LogP) is 5.51. The topological polar surface area (TPSA) is 106 Å². The monoisotopic (exact) mass is 573 g/mol. The van der Waals surface area contributed by atoms with Gasteiger partial charge in [0.2, 0.25) is 11.8 Å². The second-order valence-electron chi connectivity index (χ2n) is 11.7. The Bertz CT molecular complexity index is 1360. The molecule has 9 nitrogen and oxygen atoms in total. The summed E-state index contributed by atoms with van der Waals surface area (Å²) >= 11 is 0. The maximum atomic E-state index is 14.0. The van der Waals surface area contributed by atoms with Gasteiger partial charge in [0.25, 0.3) is 5.91 Å². The number of hydrogen-bond donors (Lipinski definition) is 2. The molecule has 1 unspecified atom stereocenters. The van der Waals surface area contributed by atoms with E-state index in [9.17, 15) is 22.8 Å². The van der Waals surface area contributed by atoms with Gasteiger partial charge in [0, 0.05) is 31.5 Å². The number of halogens is 3. The van der Waals surface area contributed by atoms with Crippen molar-refractivity contribution in [3.8, 4) is 0 Å². The third-order valence-corrected chi connectivity index (χ3v) is 8.15. The fourth-order valence-electron chi connectivity index (χ4n) is 5.71. The molecule has 41 heavy (non-hydrogen) atoms. The molecule has 5 rings (SSSR count). The minimum atomic E-state index is -2.70. The van der Waals surface area contributed by atoms with Crippen molar-refractivity contribution >= 4 is 17.5 Å². The fraction of sp³-hybridized carbons (Fsp3) is 0.621. The number of carbonyl (C=O) groups excluding carboxylic acids is 2. The number of nitrogens with one attached hydrogen (secondary N) is 2. The number of imidazole rings is 1. The number of fused-ring (bicyclic) bond motifs is 1. The summed E-state index contributed by atoms with van der Waals surface area (Å²) in [5.74, 6) is -3.07. The summed E-state index contributed by atoms with van der Waals surface area (Å²) in [6.07, 6.45) is 8.17. The molecule has 0 aliphatic heterocycles. The Morgan fingerprint density at radius 1 is 1.05 bits per heavy atom. The molecule has 222 valence electrons. The lowest BCUT2D eigenvalue weighted by Crippen LogP contribution is -2.38. The van der Waals surface area contributed by atoms with E-state index in [1.807, 2.05) is 19.9 Å². The van der Waals surface area contributed by atoms with Crippen molar-refractivity contribution in [2.75, 3.05) is 6.67 Å². The summed E-state index contributed by atoms with van der Waals surface area (Å²) < 4.78 is 43.8. The summed E-state index contributed by atoms with van der Waals surface area (Å²) in [7, 11) is 0. The van der Waals surface area contributed by atoms with E-state index in [2.05, 4.69) is 20.8 Å². The van der Waals surface area contributed by atoms with Crippen LogP contribution in [0.2, 0.25) is 0 Å². The van der Waals surface area contributed by atoms with E-state index in [0.717, 1.165) is 18.4 Å². The first-order valence-electron chi connectivity index (χ1n) is 14.6. The Balaban J connectivity index is 1.40. The average molecular weight is 574 g/mol. The zero-order chi connectivity index (χ0) is 29.1. The molecule has 3 aromatic rings. The van der Waals surface area contributed by atoms with Gasteiger partial charge in [0.15, 0.2) is 5.65 Å². The van der Waals surface area contributed by atoms with Crippen molar-refractivity contribution in [1.29, 1.82) is 0 Å². The molecule has 2 aliphatic rings. The molecule has 2 atom stereocenters. The van der Waals surface area contributed by atoms with Gasteiger partial charge in [-0.2, -0.15) is 10.2 Å². The molecule has 0 radical (unpaired) electrons. The second kappa shape index (κ2) is 12.2. The minimum absolute atomic E-state index is 0.0287. The predicted molar refractivity (Wildman–Crippen MR) is 146 cm³/mol. The Morgan fingerprint density at radius 3 is 2.46 bits per heavy atom. The van der Waals surface area contributed by atoms with E-state index in [4.69, 9.17) is 4.98 Å². The van der Waals surface area contributed by atoms with Gasteiger partial charge in [0.05, 0.1) is 36.8 Å². The van der Waals surface area contributed by atoms with E-state index < -0.39 is 18.6 Å². The van der Waals surface area contributed by atoms with Crippen LogP contribution in [-0.2, 0) is 4.79 Å². The lowest BCUT2D eigenvalue weighted by atomic mass is 9.81. The molecule has 0 aromatic carbocycles. The molecule has 0 spiro atoms. The van der Waals surface area contributed by atoms with Gasteiger partial charge in [-0.25, -0.2) is 18.3 Å². The lowest BCUT2D eigenvalue weighted by molar-refractivity contribution is -0.122. The molecule has 0 bridgehead atoms. The van der Waals surface area contributed by atoms with E-state index in [0.29, 0.717) is 35.8 Å². The zero-order valence-electron chi connectivity index (χ0n) is 23.5. The third kappa shape index (κ3) is 6.90. The van der Waals surface area contributed by atoms with Crippen LogP contribution < -0.4 is 10.6 Å². The Labute approximate surface area is 237 Å². The smallest absolute Gasteiger partial charge is 0.270 e. The van der Waals surface area contributed by atoms with Crippen LogP contribution in [0.15, 0.2) is 30.7 Å². The van der Waals surface area contributed by atoms with Crippen molar-refractivity contribution in [2.24, 2.45) is 11.8 Å².